The van der Waals surface area contributed by atoms with Crippen molar-refractivity contribution in [3.05, 3.63) is 72.3 Å². The van der Waals surface area contributed by atoms with Crippen LogP contribution < -0.4 is 5.32 Å². The average molecular weight is 565 g/mol. The molecule has 0 aromatic heterocycles. The number of allylic oxidation sites excluding steroid dienone is 1. The van der Waals surface area contributed by atoms with Gasteiger partial charge in [-0.3, -0.25) is 4.79 Å². The zero-order valence-corrected chi connectivity index (χ0v) is 24.7. The number of nitrogens with zero attached hydrogens (tertiary/aromatic N) is 1. The van der Waals surface area contributed by atoms with Gasteiger partial charge in [-0.15, -0.1) is 11.8 Å². The quantitative estimate of drug-likeness (QED) is 0.358. The second-order valence-corrected chi connectivity index (χ2v) is 12.8. The Bertz CT molecular complexity index is 1210. The van der Waals surface area contributed by atoms with E-state index in [0.29, 0.717) is 19.4 Å². The molecule has 3 atom stereocenters. The molecule has 4 rings (SSSR count). The fraction of sp³-hybridized carbons (Fsp3) is 0.469. The fourth-order valence-corrected chi connectivity index (χ4v) is 6.72. The smallest absolute Gasteiger partial charge is 0.408 e. The number of hydrogen-bond donors (Lipinski definition) is 1. The fourth-order valence-electron chi connectivity index (χ4n) is 5.36. The summed E-state index contributed by atoms with van der Waals surface area (Å²) < 4.78 is 10.1. The lowest BCUT2D eigenvalue weighted by atomic mass is 9.93. The third-order valence-electron chi connectivity index (χ3n) is 7.32. The first-order chi connectivity index (χ1) is 19.1. The normalized spacial score (nSPS) is 24.7. The molecule has 1 saturated heterocycles. The Morgan fingerprint density at radius 2 is 1.70 bits per heavy atom. The lowest BCUT2D eigenvalue weighted by Gasteiger charge is -2.31. The summed E-state index contributed by atoms with van der Waals surface area (Å²) in [5, 5.41) is 2.80. The van der Waals surface area contributed by atoms with E-state index >= 15 is 0 Å². The number of benzene rings is 2. The molecule has 2 heterocycles. The molecule has 2 aliphatic heterocycles. The molecule has 0 aliphatic carbocycles. The number of alkyl carbamates (subject to hydrolysis) is 1. The Hall–Kier alpha value is -3.26. The monoisotopic (exact) mass is 564 g/mol. The van der Waals surface area contributed by atoms with Gasteiger partial charge in [0.15, 0.2) is 0 Å². The third kappa shape index (κ3) is 7.27. The molecule has 214 valence electrons. The van der Waals surface area contributed by atoms with Crippen molar-refractivity contribution in [2.24, 2.45) is 0 Å². The van der Waals surface area contributed by atoms with E-state index in [1.54, 1.807) is 37.4 Å². The summed E-state index contributed by atoms with van der Waals surface area (Å²) in [7, 11) is 1.35. The molecule has 2 aliphatic rings. The zero-order chi connectivity index (χ0) is 28.8. The third-order valence-corrected chi connectivity index (χ3v) is 8.77. The summed E-state index contributed by atoms with van der Waals surface area (Å²) in [6.07, 6.45) is 7.16. The van der Waals surface area contributed by atoms with Crippen molar-refractivity contribution < 1.29 is 23.9 Å². The van der Waals surface area contributed by atoms with Crippen molar-refractivity contribution in [3.8, 4) is 11.1 Å². The number of carbonyl (C=O) groups excluding carboxylic acids is 3. The van der Waals surface area contributed by atoms with E-state index in [-0.39, 0.29) is 5.91 Å². The summed E-state index contributed by atoms with van der Waals surface area (Å²) in [5.41, 5.74) is 2.60. The van der Waals surface area contributed by atoms with Gasteiger partial charge in [0.25, 0.3) is 0 Å². The molecule has 0 spiro atoms. The number of nitrogens with one attached hydrogen (secondary N) is 1. The highest BCUT2D eigenvalue weighted by atomic mass is 32.2. The first-order valence-corrected chi connectivity index (χ1v) is 14.9. The highest BCUT2D eigenvalue weighted by molar-refractivity contribution is 8.00. The Kier molecular flexibility index (Phi) is 9.61. The van der Waals surface area contributed by atoms with Crippen LogP contribution in [0, 0.1) is 0 Å². The molecular formula is C32H40N2O5S. The Morgan fingerprint density at radius 3 is 2.38 bits per heavy atom. The number of hydrogen-bond acceptors (Lipinski definition) is 6. The highest BCUT2D eigenvalue weighted by Gasteiger charge is 2.51. The number of amides is 2. The maximum absolute atomic E-state index is 14.1. The average Bonchev–Trinajstić information content (AvgIpc) is 3.33. The molecule has 8 heteroatoms. The van der Waals surface area contributed by atoms with Crippen LogP contribution in [0.2, 0.25) is 0 Å². The minimum Gasteiger partial charge on any atom is -0.467 e. The standard InChI is InChI=1S/C32H40N2O5S/c1-31(2,3)39-30(37)33-26-15-11-6-5-7-12-20-40-32(21-27(29(36)38-4)34(22-32)28(26)35)25-18-16-24(17-19-25)23-13-9-8-10-14-23/h7-10,12-14,16-19,26-27H,5-6,11,15,20-22H2,1-4H3,(H,33,37)/b12-7-/t26-,27-,32-/m0/s1. The number of ether oxygens (including phenoxy) is 2. The van der Waals surface area contributed by atoms with Gasteiger partial charge in [-0.05, 0) is 63.1 Å². The topological polar surface area (TPSA) is 84.9 Å². The first-order valence-electron chi connectivity index (χ1n) is 13.9. The van der Waals surface area contributed by atoms with Crippen LogP contribution in [-0.4, -0.2) is 60.0 Å². The molecule has 2 aromatic rings. The molecule has 0 unspecified atom stereocenters. The van der Waals surface area contributed by atoms with E-state index in [4.69, 9.17) is 9.47 Å². The van der Waals surface area contributed by atoms with Crippen molar-refractivity contribution in [1.29, 1.82) is 0 Å². The highest BCUT2D eigenvalue weighted by Crippen LogP contribution is 2.48. The SMILES string of the molecule is COC(=O)[C@@H]1C[C@@]2(c3ccc(-c4ccccc4)cc3)CN1C(=O)[C@@H](NC(=O)OC(C)(C)C)CCCC/C=C\CS2. The van der Waals surface area contributed by atoms with Gasteiger partial charge in [0.2, 0.25) is 5.91 Å². The summed E-state index contributed by atoms with van der Waals surface area (Å²) in [6, 6.07) is 17.0. The van der Waals surface area contributed by atoms with Crippen LogP contribution in [0.15, 0.2) is 66.7 Å². The van der Waals surface area contributed by atoms with E-state index < -0.39 is 34.5 Å². The van der Waals surface area contributed by atoms with E-state index in [0.717, 1.165) is 41.7 Å². The number of esters is 1. The first kappa shape index (κ1) is 29.7. The van der Waals surface area contributed by atoms with Gasteiger partial charge in [-0.1, -0.05) is 73.2 Å². The maximum Gasteiger partial charge on any atom is 0.408 e. The Morgan fingerprint density at radius 1 is 1.00 bits per heavy atom. The second-order valence-electron chi connectivity index (χ2n) is 11.4. The molecule has 7 nitrogen and oxygen atoms in total. The summed E-state index contributed by atoms with van der Waals surface area (Å²) in [4.78, 5) is 41.5. The Balaban J connectivity index is 1.69. The number of carbonyl (C=O) groups is 3. The predicted octanol–water partition coefficient (Wildman–Crippen LogP) is 6.08. The van der Waals surface area contributed by atoms with E-state index in [1.807, 2.05) is 18.2 Å². The maximum atomic E-state index is 14.1. The van der Waals surface area contributed by atoms with Crippen molar-refractivity contribution in [2.75, 3.05) is 19.4 Å². The minimum atomic E-state index is -0.798. The summed E-state index contributed by atoms with van der Waals surface area (Å²) in [5.74, 6) is 0.0305. The van der Waals surface area contributed by atoms with E-state index in [2.05, 4.69) is 53.9 Å². The Labute approximate surface area is 241 Å². The van der Waals surface area contributed by atoms with Gasteiger partial charge in [0, 0.05) is 12.3 Å². The van der Waals surface area contributed by atoms with E-state index in [1.165, 1.54) is 7.11 Å². The summed E-state index contributed by atoms with van der Waals surface area (Å²) >= 11 is 1.74. The number of rotatable bonds is 4. The molecule has 1 N–H and O–H groups in total. The van der Waals surface area contributed by atoms with Gasteiger partial charge in [-0.2, -0.15) is 0 Å². The van der Waals surface area contributed by atoms with Crippen LogP contribution in [0.1, 0.15) is 58.4 Å². The van der Waals surface area contributed by atoms with Crippen molar-refractivity contribution >= 4 is 29.7 Å². The molecular weight excluding hydrogens is 524 g/mol. The van der Waals surface area contributed by atoms with Gasteiger partial charge < -0.3 is 19.7 Å². The van der Waals surface area contributed by atoms with Crippen molar-refractivity contribution in [1.82, 2.24) is 10.2 Å². The van der Waals surface area contributed by atoms with Gasteiger partial charge >= 0.3 is 12.1 Å². The largest absolute Gasteiger partial charge is 0.467 e. The van der Waals surface area contributed by atoms with Gasteiger partial charge in [0.05, 0.1) is 11.9 Å². The van der Waals surface area contributed by atoms with Crippen LogP contribution in [0.25, 0.3) is 11.1 Å². The summed E-state index contributed by atoms with van der Waals surface area (Å²) in [6.45, 7) is 5.69. The van der Waals surface area contributed by atoms with Crippen LogP contribution >= 0.6 is 11.8 Å². The van der Waals surface area contributed by atoms with Gasteiger partial charge in [-0.25, -0.2) is 9.59 Å². The van der Waals surface area contributed by atoms with Crippen LogP contribution in [0.5, 0.6) is 0 Å². The van der Waals surface area contributed by atoms with E-state index in [9.17, 15) is 14.4 Å². The van der Waals surface area contributed by atoms with Crippen LogP contribution in [-0.2, 0) is 23.8 Å². The van der Waals surface area contributed by atoms with Crippen molar-refractivity contribution in [2.45, 2.75) is 75.3 Å². The second kappa shape index (κ2) is 12.9. The molecule has 0 radical (unpaired) electrons. The molecule has 0 saturated carbocycles. The molecule has 2 bridgehead atoms. The molecule has 1 fully saturated rings. The van der Waals surface area contributed by atoms with Crippen molar-refractivity contribution in [3.63, 3.8) is 0 Å². The zero-order valence-electron chi connectivity index (χ0n) is 23.9. The lowest BCUT2D eigenvalue weighted by Crippen LogP contribution is -2.52. The molecule has 2 amide bonds. The number of thioether (sulfide) groups is 1. The minimum absolute atomic E-state index is 0.281. The number of methoxy groups -OCH3 is 1. The number of fused-ring (bicyclic) bond motifs is 2. The van der Waals surface area contributed by atoms with Crippen LogP contribution in [0.4, 0.5) is 4.79 Å². The predicted molar refractivity (Wildman–Crippen MR) is 159 cm³/mol. The lowest BCUT2D eigenvalue weighted by molar-refractivity contribution is -0.151. The molecule has 2 aromatic carbocycles. The molecule has 40 heavy (non-hydrogen) atoms. The van der Waals surface area contributed by atoms with Crippen LogP contribution in [0.3, 0.4) is 0 Å². The van der Waals surface area contributed by atoms with Gasteiger partial charge in [0.1, 0.15) is 17.7 Å².